The van der Waals surface area contributed by atoms with Gasteiger partial charge in [0.05, 0.1) is 16.2 Å². The molecule has 0 unspecified atom stereocenters. The van der Waals surface area contributed by atoms with Crippen LogP contribution in [0.5, 0.6) is 0 Å². The zero-order valence-corrected chi connectivity index (χ0v) is 18.2. The van der Waals surface area contributed by atoms with Crippen molar-refractivity contribution in [3.05, 3.63) is 66.2 Å². The van der Waals surface area contributed by atoms with Gasteiger partial charge >= 0.3 is 5.97 Å². The van der Waals surface area contributed by atoms with E-state index in [-0.39, 0.29) is 23.0 Å². The molecule has 2 bridgehead atoms. The third-order valence-electron chi connectivity index (χ3n) is 6.36. The molecule has 4 rings (SSSR count). The first-order valence-corrected chi connectivity index (χ1v) is 11.9. The molecule has 2 aliphatic rings. The molecular formula is C23H26O7S. The molecule has 7 nitrogen and oxygen atoms in total. The van der Waals surface area contributed by atoms with Crippen molar-refractivity contribution in [1.29, 1.82) is 0 Å². The average Bonchev–Trinajstić information content (AvgIpc) is 2.74. The summed E-state index contributed by atoms with van der Waals surface area (Å²) < 4.78 is 31.6. The van der Waals surface area contributed by atoms with E-state index >= 15 is 0 Å². The minimum absolute atomic E-state index is 0.205. The Morgan fingerprint density at radius 1 is 1.06 bits per heavy atom. The van der Waals surface area contributed by atoms with Crippen LogP contribution in [0.3, 0.4) is 0 Å². The Morgan fingerprint density at radius 3 is 2.32 bits per heavy atom. The number of hydrogen-bond donors (Lipinski definition) is 1. The normalized spacial score (nSPS) is 32.9. The standard InChI is InChI=1S/C23H26O7S/c1-22(15-31(26,27)18-11-7-4-8-12-18)17-13-19(23(2,25)20(14-17)29-30-22)28-21(24)16-9-5-3-6-10-16/h3-12,17,19-20,25H,13-15H2,1-2H3/t17-,19-,20-,22+,23-/m0/s1. The summed E-state index contributed by atoms with van der Waals surface area (Å²) >= 11 is 0. The van der Waals surface area contributed by atoms with Gasteiger partial charge in [-0.15, -0.1) is 0 Å². The summed E-state index contributed by atoms with van der Waals surface area (Å²) in [5.74, 6) is -1.13. The monoisotopic (exact) mass is 446 g/mol. The molecule has 0 aromatic heterocycles. The summed E-state index contributed by atoms with van der Waals surface area (Å²) in [5, 5.41) is 11.0. The van der Waals surface area contributed by atoms with E-state index in [0.29, 0.717) is 12.0 Å². The number of carbonyl (C=O) groups is 1. The first-order valence-electron chi connectivity index (χ1n) is 10.2. The fourth-order valence-corrected chi connectivity index (χ4v) is 6.12. The van der Waals surface area contributed by atoms with Crippen LogP contribution < -0.4 is 0 Å². The number of benzene rings is 2. The molecule has 0 amide bonds. The Bertz CT molecular complexity index is 1040. The summed E-state index contributed by atoms with van der Waals surface area (Å²) in [4.78, 5) is 23.9. The summed E-state index contributed by atoms with van der Waals surface area (Å²) in [6.07, 6.45) is -0.960. The van der Waals surface area contributed by atoms with E-state index in [9.17, 15) is 18.3 Å². The maximum Gasteiger partial charge on any atom is 0.338 e. The summed E-state index contributed by atoms with van der Waals surface area (Å²) in [6, 6.07) is 16.7. The quantitative estimate of drug-likeness (QED) is 0.557. The first kappa shape index (κ1) is 22.0. The van der Waals surface area contributed by atoms with E-state index in [1.807, 2.05) is 0 Å². The predicted molar refractivity (Wildman–Crippen MR) is 112 cm³/mol. The highest BCUT2D eigenvalue weighted by atomic mass is 32.2. The molecule has 1 heterocycles. The predicted octanol–water partition coefficient (Wildman–Crippen LogP) is 2.94. The van der Waals surface area contributed by atoms with Crippen LogP contribution in [0.1, 0.15) is 37.0 Å². The van der Waals surface area contributed by atoms with Crippen LogP contribution in [0.4, 0.5) is 0 Å². The van der Waals surface area contributed by atoms with Gasteiger partial charge in [-0.25, -0.2) is 23.0 Å². The van der Waals surface area contributed by atoms with E-state index in [1.54, 1.807) is 74.5 Å². The van der Waals surface area contributed by atoms with E-state index in [0.717, 1.165) is 0 Å². The molecule has 2 fully saturated rings. The minimum Gasteiger partial charge on any atom is -0.456 e. The second kappa shape index (κ2) is 8.02. The van der Waals surface area contributed by atoms with Crippen molar-refractivity contribution in [2.45, 2.75) is 55.0 Å². The Morgan fingerprint density at radius 2 is 1.68 bits per heavy atom. The number of rotatable bonds is 5. The fraction of sp³-hybridized carbons (Fsp3) is 0.435. The molecular weight excluding hydrogens is 420 g/mol. The van der Waals surface area contributed by atoms with Gasteiger partial charge in [-0.2, -0.15) is 0 Å². The van der Waals surface area contributed by atoms with E-state index in [2.05, 4.69) is 0 Å². The summed E-state index contributed by atoms with van der Waals surface area (Å²) in [6.45, 7) is 3.23. The van der Waals surface area contributed by atoms with Gasteiger partial charge in [0, 0.05) is 0 Å². The molecule has 2 aromatic rings. The molecule has 2 aromatic carbocycles. The van der Waals surface area contributed by atoms with Crippen molar-refractivity contribution in [2.75, 3.05) is 5.75 Å². The summed E-state index contributed by atoms with van der Waals surface area (Å²) in [5.41, 5.74) is -2.25. The van der Waals surface area contributed by atoms with Gasteiger partial charge in [-0.1, -0.05) is 36.4 Å². The van der Waals surface area contributed by atoms with E-state index < -0.39 is 39.2 Å². The van der Waals surface area contributed by atoms with Gasteiger partial charge in [0.2, 0.25) is 0 Å². The van der Waals surface area contributed by atoms with Crippen molar-refractivity contribution >= 4 is 15.8 Å². The Labute approximate surface area is 181 Å². The second-order valence-electron chi connectivity index (χ2n) is 8.71. The molecule has 31 heavy (non-hydrogen) atoms. The largest absolute Gasteiger partial charge is 0.456 e. The van der Waals surface area contributed by atoms with Crippen molar-refractivity contribution in [2.24, 2.45) is 5.92 Å². The molecule has 166 valence electrons. The Hall–Kier alpha value is -2.26. The number of aliphatic hydroxyl groups is 1. The van der Waals surface area contributed by atoms with Crippen molar-refractivity contribution in [3.63, 3.8) is 0 Å². The third-order valence-corrected chi connectivity index (χ3v) is 8.30. The summed E-state index contributed by atoms with van der Waals surface area (Å²) in [7, 11) is -3.64. The van der Waals surface area contributed by atoms with Crippen LogP contribution in [0.15, 0.2) is 65.6 Å². The number of ether oxygens (including phenoxy) is 1. The Balaban J connectivity index is 1.55. The second-order valence-corrected chi connectivity index (χ2v) is 10.7. The van der Waals surface area contributed by atoms with Crippen molar-refractivity contribution in [1.82, 2.24) is 0 Å². The number of carbonyl (C=O) groups excluding carboxylic acids is 1. The molecule has 1 aliphatic carbocycles. The van der Waals surface area contributed by atoms with Crippen molar-refractivity contribution in [3.8, 4) is 0 Å². The van der Waals surface area contributed by atoms with E-state index in [4.69, 9.17) is 14.5 Å². The lowest BCUT2D eigenvalue weighted by Crippen LogP contribution is -2.64. The highest BCUT2D eigenvalue weighted by Gasteiger charge is 2.58. The maximum absolute atomic E-state index is 13.0. The molecule has 5 atom stereocenters. The average molecular weight is 447 g/mol. The SMILES string of the molecule is C[C@@]1(O)[C@@H]2C[C@H](C[C@@H]1OC(=O)c1ccccc1)[C@@](C)(CS(=O)(=O)c1ccccc1)OO2. The van der Waals surface area contributed by atoms with Crippen LogP contribution in [0.2, 0.25) is 0 Å². The number of sulfone groups is 1. The van der Waals surface area contributed by atoms with Gasteiger partial charge in [0.1, 0.15) is 23.4 Å². The van der Waals surface area contributed by atoms with Gasteiger partial charge in [0.25, 0.3) is 0 Å². The molecule has 1 aliphatic heterocycles. The topological polar surface area (TPSA) is 99.1 Å². The molecule has 1 saturated carbocycles. The first-order chi connectivity index (χ1) is 14.6. The highest BCUT2D eigenvalue weighted by Crippen LogP contribution is 2.47. The lowest BCUT2D eigenvalue weighted by Gasteiger charge is -2.53. The van der Waals surface area contributed by atoms with Gasteiger partial charge in [-0.3, -0.25) is 0 Å². The maximum atomic E-state index is 13.0. The highest BCUT2D eigenvalue weighted by molar-refractivity contribution is 7.91. The molecule has 1 N–H and O–H groups in total. The van der Waals surface area contributed by atoms with Crippen LogP contribution in [-0.4, -0.2) is 48.7 Å². The number of hydrogen-bond acceptors (Lipinski definition) is 7. The van der Waals surface area contributed by atoms with Crippen LogP contribution in [-0.2, 0) is 24.3 Å². The minimum atomic E-state index is -3.64. The zero-order chi connectivity index (χ0) is 22.3. The third kappa shape index (κ3) is 4.25. The Kier molecular flexibility index (Phi) is 5.68. The lowest BCUT2D eigenvalue weighted by molar-refractivity contribution is -0.448. The number of fused-ring (bicyclic) bond motifs is 2. The molecule has 0 spiro atoms. The van der Waals surface area contributed by atoms with Crippen LogP contribution in [0, 0.1) is 5.92 Å². The van der Waals surface area contributed by atoms with Crippen molar-refractivity contribution < 1.29 is 32.8 Å². The number of esters is 1. The van der Waals surface area contributed by atoms with Gasteiger partial charge in [0.15, 0.2) is 9.84 Å². The van der Waals surface area contributed by atoms with Gasteiger partial charge < -0.3 is 9.84 Å². The smallest absolute Gasteiger partial charge is 0.338 e. The lowest BCUT2D eigenvalue weighted by atomic mass is 9.69. The fourth-order valence-electron chi connectivity index (χ4n) is 4.34. The molecule has 1 saturated heterocycles. The molecule has 8 heteroatoms. The van der Waals surface area contributed by atoms with Crippen LogP contribution >= 0.6 is 0 Å². The molecule has 0 radical (unpaired) electrons. The van der Waals surface area contributed by atoms with Gasteiger partial charge in [-0.05, 0) is 56.9 Å². The van der Waals surface area contributed by atoms with E-state index in [1.165, 1.54) is 0 Å². The van der Waals surface area contributed by atoms with Crippen LogP contribution in [0.25, 0.3) is 0 Å². The zero-order valence-electron chi connectivity index (χ0n) is 17.4.